The summed E-state index contributed by atoms with van der Waals surface area (Å²) in [6, 6.07) is 1.53. The Balaban J connectivity index is 2.45. The molecule has 0 aliphatic heterocycles. The Morgan fingerprint density at radius 2 is 2.26 bits per heavy atom. The third kappa shape index (κ3) is 5.42. The van der Waals surface area contributed by atoms with Crippen molar-refractivity contribution in [3.05, 3.63) is 22.4 Å². The predicted molar refractivity (Wildman–Crippen MR) is 82.6 cm³/mol. The van der Waals surface area contributed by atoms with Gasteiger partial charge in [-0.2, -0.15) is 11.3 Å². The molecule has 2 amide bonds. The molecule has 19 heavy (non-hydrogen) atoms. The first-order valence-electron chi connectivity index (χ1n) is 6.26. The minimum Gasteiger partial charge on any atom is -0.394 e. The summed E-state index contributed by atoms with van der Waals surface area (Å²) in [6.45, 7) is 5.64. The summed E-state index contributed by atoms with van der Waals surface area (Å²) >= 11 is 5.84. The third-order valence-electron chi connectivity index (χ3n) is 2.74. The Morgan fingerprint density at radius 3 is 2.74 bits per heavy atom. The van der Waals surface area contributed by atoms with E-state index in [0.717, 1.165) is 6.42 Å². The van der Waals surface area contributed by atoms with E-state index < -0.39 is 0 Å². The van der Waals surface area contributed by atoms with Crippen LogP contribution in [0.3, 0.4) is 0 Å². The smallest absolute Gasteiger partial charge is 0.327 e. The molecule has 6 heteroatoms. The van der Waals surface area contributed by atoms with Gasteiger partial charge >= 0.3 is 6.03 Å². The molecule has 0 aromatic carbocycles. The Kier molecular flexibility index (Phi) is 6.16. The second kappa shape index (κ2) is 7.17. The fraction of sp³-hybridized carbons (Fsp3) is 0.615. The maximum Gasteiger partial charge on any atom is 0.327 e. The third-order valence-corrected chi connectivity index (χ3v) is 4.25. The molecule has 0 bridgehead atoms. The van der Waals surface area contributed by atoms with E-state index in [1.165, 1.54) is 9.87 Å². The number of amides is 2. The van der Waals surface area contributed by atoms with Gasteiger partial charge in [0.25, 0.3) is 0 Å². The summed E-state index contributed by atoms with van der Waals surface area (Å²) in [6.07, 6.45) is 1.56. The van der Waals surface area contributed by atoms with Gasteiger partial charge in [-0.05, 0) is 56.0 Å². The number of thiophene rings is 1. The molecule has 4 nitrogen and oxygen atoms in total. The minimum atomic E-state index is -0.361. The number of thiol groups is 1. The van der Waals surface area contributed by atoms with Gasteiger partial charge in [0.1, 0.15) is 0 Å². The van der Waals surface area contributed by atoms with Crippen LogP contribution in [0.4, 0.5) is 4.79 Å². The normalized spacial score (nSPS) is 13.1. The van der Waals surface area contributed by atoms with Crippen molar-refractivity contribution in [1.82, 2.24) is 9.62 Å². The van der Waals surface area contributed by atoms with Crippen LogP contribution < -0.4 is 5.32 Å². The highest BCUT2D eigenvalue weighted by Gasteiger charge is 2.25. The van der Waals surface area contributed by atoms with Crippen molar-refractivity contribution in [2.24, 2.45) is 0 Å². The monoisotopic (exact) mass is 302 g/mol. The molecule has 1 unspecified atom stereocenters. The number of aliphatic hydroxyl groups is 1. The van der Waals surface area contributed by atoms with Gasteiger partial charge in [0.05, 0.1) is 12.6 Å². The number of aryl methyl sites for hydroxylation is 1. The fourth-order valence-electron chi connectivity index (χ4n) is 1.53. The first-order valence-corrected chi connectivity index (χ1v) is 7.60. The van der Waals surface area contributed by atoms with Gasteiger partial charge in [-0.25, -0.2) is 4.79 Å². The molecule has 0 radical (unpaired) electrons. The lowest BCUT2D eigenvalue weighted by atomic mass is 10.1. The Bertz CT molecular complexity index is 388. The van der Waals surface area contributed by atoms with Crippen LogP contribution in [0.1, 0.15) is 32.8 Å². The van der Waals surface area contributed by atoms with Crippen molar-refractivity contribution in [3.63, 3.8) is 0 Å². The molecule has 108 valence electrons. The molecule has 2 N–H and O–H groups in total. The number of rotatable bonds is 5. The number of nitrogens with zero attached hydrogens (tertiary/aromatic N) is 1. The van der Waals surface area contributed by atoms with Gasteiger partial charge in [0.15, 0.2) is 0 Å². The molecule has 0 saturated carbocycles. The first-order chi connectivity index (χ1) is 8.84. The Hall–Kier alpha value is -0.720. The molecule has 0 spiro atoms. The van der Waals surface area contributed by atoms with Crippen LogP contribution in [0.2, 0.25) is 0 Å². The summed E-state index contributed by atoms with van der Waals surface area (Å²) in [7, 11) is 0. The van der Waals surface area contributed by atoms with Crippen LogP contribution >= 0.6 is 24.2 Å². The minimum absolute atomic E-state index is 0.0678. The molecule has 0 aliphatic rings. The van der Waals surface area contributed by atoms with Crippen LogP contribution in [0, 0.1) is 0 Å². The average Bonchev–Trinajstić information content (AvgIpc) is 2.85. The predicted octanol–water partition coefficient (Wildman–Crippen LogP) is 2.70. The van der Waals surface area contributed by atoms with E-state index >= 15 is 0 Å². The number of aliphatic hydroxyl groups excluding tert-OH is 1. The maximum atomic E-state index is 11.9. The lowest BCUT2D eigenvalue weighted by Crippen LogP contribution is -2.49. The van der Waals surface area contributed by atoms with Crippen LogP contribution in [0.15, 0.2) is 16.8 Å². The van der Waals surface area contributed by atoms with E-state index in [0.29, 0.717) is 6.42 Å². The number of hydrogen-bond donors (Lipinski definition) is 3. The number of carbonyl (C=O) groups is 1. The van der Waals surface area contributed by atoms with E-state index in [9.17, 15) is 9.90 Å². The van der Waals surface area contributed by atoms with Crippen LogP contribution in [-0.4, -0.2) is 33.6 Å². The number of carbonyl (C=O) groups excluding carboxylic acids is 1. The summed E-state index contributed by atoms with van der Waals surface area (Å²) in [5, 5.41) is 16.2. The zero-order chi connectivity index (χ0) is 14.5. The standard InChI is InChI=1S/C13H22N2O2S2/c1-13(2,3)15(18)12(17)14-11(8-16)5-4-10-6-7-19-9-10/h6-7,9,11,16,18H,4-5,8H2,1-3H3,(H,14,17). The summed E-state index contributed by atoms with van der Waals surface area (Å²) < 4.78 is 1.35. The van der Waals surface area contributed by atoms with Gasteiger partial charge < -0.3 is 10.4 Å². The SMILES string of the molecule is CC(C)(C)N(S)C(=O)NC(CO)CCc1ccsc1. The topological polar surface area (TPSA) is 52.6 Å². The molecule has 1 rings (SSSR count). The lowest BCUT2D eigenvalue weighted by molar-refractivity contribution is 0.184. The lowest BCUT2D eigenvalue weighted by Gasteiger charge is -2.31. The molecule has 1 atom stereocenters. The van der Waals surface area contributed by atoms with E-state index in [-0.39, 0.29) is 24.2 Å². The zero-order valence-corrected chi connectivity index (χ0v) is 13.3. The van der Waals surface area contributed by atoms with Gasteiger partial charge in [-0.3, -0.25) is 4.31 Å². The summed E-state index contributed by atoms with van der Waals surface area (Å²) in [5.41, 5.74) is 0.872. The maximum absolute atomic E-state index is 11.9. The Labute approximate surface area is 124 Å². The van der Waals surface area contributed by atoms with Crippen molar-refractivity contribution in [2.45, 2.75) is 45.2 Å². The van der Waals surface area contributed by atoms with Crippen LogP contribution in [0.5, 0.6) is 0 Å². The highest BCUT2D eigenvalue weighted by Crippen LogP contribution is 2.16. The summed E-state index contributed by atoms with van der Waals surface area (Å²) in [5.74, 6) is 0. The molecule has 0 fully saturated rings. The van der Waals surface area contributed by atoms with Gasteiger partial charge in [0.2, 0.25) is 0 Å². The molecule has 1 heterocycles. The van der Waals surface area contributed by atoms with Crippen molar-refractivity contribution in [1.29, 1.82) is 0 Å². The number of hydrogen-bond acceptors (Lipinski definition) is 4. The summed E-state index contributed by atoms with van der Waals surface area (Å²) in [4.78, 5) is 11.9. The molecular formula is C13H22N2O2S2. The largest absolute Gasteiger partial charge is 0.394 e. The second-order valence-electron chi connectivity index (χ2n) is 5.48. The zero-order valence-electron chi connectivity index (χ0n) is 11.6. The second-order valence-corrected chi connectivity index (χ2v) is 6.66. The number of nitrogens with one attached hydrogen (secondary N) is 1. The fourth-order valence-corrected chi connectivity index (χ4v) is 2.29. The van der Waals surface area contributed by atoms with Crippen molar-refractivity contribution < 1.29 is 9.90 Å². The highest BCUT2D eigenvalue weighted by atomic mass is 32.1. The molecule has 1 aromatic rings. The Morgan fingerprint density at radius 1 is 1.58 bits per heavy atom. The molecule has 1 aromatic heterocycles. The van der Waals surface area contributed by atoms with E-state index in [4.69, 9.17) is 0 Å². The van der Waals surface area contributed by atoms with Gasteiger partial charge in [-0.15, -0.1) is 0 Å². The van der Waals surface area contributed by atoms with Crippen LogP contribution in [-0.2, 0) is 6.42 Å². The quantitative estimate of drug-likeness (QED) is 0.733. The molecule has 0 saturated heterocycles. The van der Waals surface area contributed by atoms with Gasteiger partial charge in [-0.1, -0.05) is 12.8 Å². The number of urea groups is 1. The van der Waals surface area contributed by atoms with Gasteiger partial charge in [0, 0.05) is 5.54 Å². The van der Waals surface area contributed by atoms with E-state index in [2.05, 4.69) is 29.6 Å². The highest BCUT2D eigenvalue weighted by molar-refractivity contribution is 7.78. The van der Waals surface area contributed by atoms with Crippen molar-refractivity contribution in [2.75, 3.05) is 6.61 Å². The first kappa shape index (κ1) is 16.3. The average molecular weight is 302 g/mol. The van der Waals surface area contributed by atoms with Crippen molar-refractivity contribution in [3.8, 4) is 0 Å². The van der Waals surface area contributed by atoms with Crippen molar-refractivity contribution >= 4 is 30.2 Å². The molecule has 0 aliphatic carbocycles. The molecular weight excluding hydrogens is 280 g/mol. The van der Waals surface area contributed by atoms with E-state index in [1.807, 2.05) is 26.2 Å². The van der Waals surface area contributed by atoms with E-state index in [1.54, 1.807) is 11.3 Å². The van der Waals surface area contributed by atoms with Crippen LogP contribution in [0.25, 0.3) is 0 Å².